The van der Waals surface area contributed by atoms with E-state index >= 15 is 0 Å². The molecule has 3 aliphatic carbocycles. The van der Waals surface area contributed by atoms with E-state index < -0.39 is 11.7 Å². The lowest BCUT2D eigenvalue weighted by Gasteiger charge is -2.52. The summed E-state index contributed by atoms with van der Waals surface area (Å²) < 4.78 is 0. The molecular formula is C20H24O3. The topological polar surface area (TPSA) is 60.7 Å². The molecule has 0 bridgehead atoms. The molecule has 0 saturated heterocycles. The lowest BCUT2D eigenvalue weighted by Crippen LogP contribution is -2.50. The second kappa shape index (κ2) is 4.75. The smallest absolute Gasteiger partial charge is 0.130 e. The van der Waals surface area contributed by atoms with Crippen molar-refractivity contribution in [1.82, 2.24) is 0 Å². The van der Waals surface area contributed by atoms with Crippen molar-refractivity contribution in [2.75, 3.05) is 0 Å². The van der Waals surface area contributed by atoms with E-state index in [1.807, 2.05) is 6.07 Å². The molecule has 6 atom stereocenters. The molecule has 3 N–H and O–H groups in total. The number of hydrogen-bond acceptors (Lipinski definition) is 3. The largest absolute Gasteiger partial charge is 0.508 e. The van der Waals surface area contributed by atoms with Gasteiger partial charge in [-0.05, 0) is 73.1 Å². The number of aliphatic hydroxyl groups is 2. The first-order valence-electron chi connectivity index (χ1n) is 8.60. The Bertz CT molecular complexity index is 691. The summed E-state index contributed by atoms with van der Waals surface area (Å²) >= 11 is 0. The lowest BCUT2D eigenvalue weighted by atomic mass is 9.53. The highest BCUT2D eigenvalue weighted by Crippen LogP contribution is 2.65. The molecule has 23 heavy (non-hydrogen) atoms. The van der Waals surface area contributed by atoms with E-state index in [9.17, 15) is 15.3 Å². The number of hydrogen-bond donors (Lipinski definition) is 3. The third-order valence-corrected chi connectivity index (χ3v) is 7.15. The molecule has 3 unspecified atom stereocenters. The standard InChI is InChI=1S/C20H24O3/c1-3-20(23)9-7-17-15-11-18(22)16-10-12(21)4-5-13(16)14(15)6-8-19(17,20)2/h1,4-5,10,14-15,17-18,21-23H,6-9,11H2,2H3/t14?,15?,17?,18-,19-,20-/m0/s1. The van der Waals surface area contributed by atoms with Crippen molar-refractivity contribution < 1.29 is 15.3 Å². The van der Waals surface area contributed by atoms with Crippen molar-refractivity contribution in [3.05, 3.63) is 29.3 Å². The zero-order valence-electron chi connectivity index (χ0n) is 13.5. The molecule has 0 aliphatic heterocycles. The zero-order chi connectivity index (χ0) is 16.4. The Morgan fingerprint density at radius 3 is 2.74 bits per heavy atom. The van der Waals surface area contributed by atoms with E-state index in [1.165, 1.54) is 5.56 Å². The molecule has 2 fully saturated rings. The summed E-state index contributed by atoms with van der Waals surface area (Å²) in [7, 11) is 0. The Morgan fingerprint density at radius 2 is 2.00 bits per heavy atom. The van der Waals surface area contributed by atoms with Crippen molar-refractivity contribution in [2.45, 2.75) is 56.7 Å². The minimum atomic E-state index is -1.01. The first kappa shape index (κ1) is 15.1. The summed E-state index contributed by atoms with van der Waals surface area (Å²) in [6.45, 7) is 2.14. The minimum absolute atomic E-state index is 0.212. The maximum absolute atomic E-state index is 10.9. The highest BCUT2D eigenvalue weighted by molar-refractivity contribution is 5.42. The van der Waals surface area contributed by atoms with Crippen LogP contribution in [0.25, 0.3) is 0 Å². The number of benzene rings is 1. The van der Waals surface area contributed by atoms with Gasteiger partial charge in [-0.15, -0.1) is 6.42 Å². The van der Waals surface area contributed by atoms with E-state index in [4.69, 9.17) is 6.42 Å². The minimum Gasteiger partial charge on any atom is -0.508 e. The summed E-state index contributed by atoms with van der Waals surface area (Å²) in [6, 6.07) is 5.39. The number of aliphatic hydroxyl groups excluding tert-OH is 1. The molecule has 0 heterocycles. The normalized spacial score (nSPS) is 44.8. The van der Waals surface area contributed by atoms with Crippen molar-refractivity contribution in [2.24, 2.45) is 17.3 Å². The fourth-order valence-corrected chi connectivity index (χ4v) is 5.83. The quantitative estimate of drug-likeness (QED) is 0.645. The maximum atomic E-state index is 10.9. The van der Waals surface area contributed by atoms with Crippen LogP contribution in [0.2, 0.25) is 0 Å². The van der Waals surface area contributed by atoms with E-state index in [2.05, 4.69) is 12.8 Å². The van der Waals surface area contributed by atoms with Crippen LogP contribution < -0.4 is 0 Å². The molecule has 0 amide bonds. The Kier molecular flexibility index (Phi) is 3.11. The predicted molar refractivity (Wildman–Crippen MR) is 87.8 cm³/mol. The van der Waals surface area contributed by atoms with Crippen molar-refractivity contribution in [3.63, 3.8) is 0 Å². The van der Waals surface area contributed by atoms with Gasteiger partial charge in [-0.25, -0.2) is 0 Å². The SMILES string of the molecule is C#C[C@]1(O)CCC2C3C[C@H](O)c4cc(O)ccc4C3CC[C@@]21C. The first-order chi connectivity index (χ1) is 10.9. The average molecular weight is 312 g/mol. The Hall–Kier alpha value is -1.50. The number of fused-ring (bicyclic) bond motifs is 5. The van der Waals surface area contributed by atoms with Gasteiger partial charge in [-0.3, -0.25) is 0 Å². The predicted octanol–water partition coefficient (Wildman–Crippen LogP) is 3.10. The van der Waals surface area contributed by atoms with Gasteiger partial charge >= 0.3 is 0 Å². The molecule has 0 radical (unpaired) electrons. The van der Waals surface area contributed by atoms with E-state index in [0.717, 1.165) is 24.8 Å². The van der Waals surface area contributed by atoms with Gasteiger partial charge in [0.15, 0.2) is 0 Å². The van der Waals surface area contributed by atoms with Crippen LogP contribution in [0.3, 0.4) is 0 Å². The van der Waals surface area contributed by atoms with Crippen LogP contribution in [-0.4, -0.2) is 20.9 Å². The Morgan fingerprint density at radius 1 is 1.22 bits per heavy atom. The number of aromatic hydroxyl groups is 1. The third-order valence-electron chi connectivity index (χ3n) is 7.15. The molecule has 3 aliphatic rings. The molecular weight excluding hydrogens is 288 g/mol. The first-order valence-corrected chi connectivity index (χ1v) is 8.60. The average Bonchev–Trinajstić information content (AvgIpc) is 2.80. The van der Waals surface area contributed by atoms with Crippen LogP contribution >= 0.6 is 0 Å². The van der Waals surface area contributed by atoms with Gasteiger partial charge in [0, 0.05) is 5.41 Å². The summed E-state index contributed by atoms with van der Waals surface area (Å²) in [5.74, 6) is 3.98. The van der Waals surface area contributed by atoms with Crippen LogP contribution in [0.1, 0.15) is 62.2 Å². The molecule has 122 valence electrons. The van der Waals surface area contributed by atoms with Gasteiger partial charge in [0.1, 0.15) is 11.4 Å². The van der Waals surface area contributed by atoms with Crippen LogP contribution in [0, 0.1) is 29.6 Å². The van der Waals surface area contributed by atoms with Crippen molar-refractivity contribution in [1.29, 1.82) is 0 Å². The van der Waals surface area contributed by atoms with Gasteiger partial charge in [-0.2, -0.15) is 0 Å². The number of terminal acetylenes is 1. The van der Waals surface area contributed by atoms with Gasteiger partial charge in [0.25, 0.3) is 0 Å². The third kappa shape index (κ3) is 1.86. The number of phenols is 1. The molecule has 3 heteroatoms. The van der Waals surface area contributed by atoms with E-state index in [1.54, 1.807) is 12.1 Å². The number of phenolic OH excluding ortho intramolecular Hbond substituents is 1. The molecule has 0 aromatic heterocycles. The summed E-state index contributed by atoms with van der Waals surface area (Å²) in [5.41, 5.74) is 0.782. The molecule has 1 aromatic carbocycles. The molecule has 1 aromatic rings. The summed E-state index contributed by atoms with van der Waals surface area (Å²) in [6.07, 6.45) is 9.31. The van der Waals surface area contributed by atoms with Crippen LogP contribution in [0.5, 0.6) is 5.75 Å². The second-order valence-corrected chi connectivity index (χ2v) is 7.94. The van der Waals surface area contributed by atoms with Gasteiger partial charge in [0.05, 0.1) is 6.10 Å². The Labute approximate surface area is 137 Å². The molecule has 4 rings (SSSR count). The van der Waals surface area contributed by atoms with E-state index in [-0.39, 0.29) is 11.2 Å². The molecule has 2 saturated carbocycles. The van der Waals surface area contributed by atoms with Gasteiger partial charge < -0.3 is 15.3 Å². The fourth-order valence-electron chi connectivity index (χ4n) is 5.83. The molecule has 0 spiro atoms. The van der Waals surface area contributed by atoms with Crippen molar-refractivity contribution >= 4 is 0 Å². The Balaban J connectivity index is 1.76. The van der Waals surface area contributed by atoms with Gasteiger partial charge in [-0.1, -0.05) is 18.9 Å². The van der Waals surface area contributed by atoms with Crippen LogP contribution in [0.4, 0.5) is 0 Å². The second-order valence-electron chi connectivity index (χ2n) is 7.94. The van der Waals surface area contributed by atoms with Gasteiger partial charge in [0.2, 0.25) is 0 Å². The number of rotatable bonds is 0. The lowest BCUT2D eigenvalue weighted by molar-refractivity contribution is -0.0729. The highest BCUT2D eigenvalue weighted by Gasteiger charge is 2.61. The van der Waals surface area contributed by atoms with E-state index in [0.29, 0.717) is 30.6 Å². The van der Waals surface area contributed by atoms with Crippen molar-refractivity contribution in [3.8, 4) is 18.1 Å². The maximum Gasteiger partial charge on any atom is 0.130 e. The van der Waals surface area contributed by atoms with Crippen LogP contribution in [-0.2, 0) is 0 Å². The monoisotopic (exact) mass is 312 g/mol. The highest BCUT2D eigenvalue weighted by atomic mass is 16.3. The summed E-state index contributed by atoms with van der Waals surface area (Å²) in [5, 5.41) is 31.2. The zero-order valence-corrected chi connectivity index (χ0v) is 13.5. The summed E-state index contributed by atoms with van der Waals surface area (Å²) in [4.78, 5) is 0. The molecule has 3 nitrogen and oxygen atoms in total. The van der Waals surface area contributed by atoms with Crippen LogP contribution in [0.15, 0.2) is 18.2 Å². The fraction of sp³-hybridized carbons (Fsp3) is 0.600.